The van der Waals surface area contributed by atoms with Crippen molar-refractivity contribution in [2.45, 2.75) is 6.92 Å². The van der Waals surface area contributed by atoms with Gasteiger partial charge in [0.15, 0.2) is 0 Å². The first-order chi connectivity index (χ1) is 15.1. The molecule has 0 saturated carbocycles. The number of anilines is 2. The Morgan fingerprint density at radius 1 is 1.00 bits per heavy atom. The maximum Gasteiger partial charge on any atom is 0.255 e. The second-order valence-electron chi connectivity index (χ2n) is 7.07. The highest BCUT2D eigenvalue weighted by molar-refractivity contribution is 7.22. The topological polar surface area (TPSA) is 99.8 Å². The fourth-order valence-corrected chi connectivity index (χ4v) is 4.55. The first-order valence-corrected chi connectivity index (χ1v) is 10.4. The van der Waals surface area contributed by atoms with Crippen molar-refractivity contribution in [1.82, 2.24) is 15.2 Å². The fraction of sp³-hybridized carbons (Fsp3) is 0.0435. The zero-order valence-corrected chi connectivity index (χ0v) is 17.3. The molecule has 3 aromatic heterocycles. The van der Waals surface area contributed by atoms with Crippen molar-refractivity contribution < 1.29 is 9.59 Å². The predicted molar refractivity (Wildman–Crippen MR) is 123 cm³/mol. The highest BCUT2D eigenvalue weighted by Crippen LogP contribution is 2.38. The molecule has 152 valence electrons. The van der Waals surface area contributed by atoms with Gasteiger partial charge in [-0.25, -0.2) is 4.98 Å². The fourth-order valence-electron chi connectivity index (χ4n) is 3.46. The summed E-state index contributed by atoms with van der Waals surface area (Å²) in [7, 11) is 0. The molecule has 0 saturated heterocycles. The molecule has 8 heteroatoms. The molecule has 31 heavy (non-hydrogen) atoms. The molecule has 2 amide bonds. The SMILES string of the molecule is CC(=O)Nc1cc(C(=O)Nc2cc(-c3cc4ccccc4s3)c3[nH]ncc3c2)ccn1. The summed E-state index contributed by atoms with van der Waals surface area (Å²) in [6, 6.07) is 17.3. The highest BCUT2D eigenvalue weighted by atomic mass is 32.1. The third-order valence-corrected chi connectivity index (χ3v) is 5.97. The largest absolute Gasteiger partial charge is 0.322 e. The Morgan fingerprint density at radius 2 is 1.87 bits per heavy atom. The van der Waals surface area contributed by atoms with E-state index in [9.17, 15) is 9.59 Å². The summed E-state index contributed by atoms with van der Waals surface area (Å²) in [6.45, 7) is 1.39. The molecule has 0 unspecified atom stereocenters. The lowest BCUT2D eigenvalue weighted by Crippen LogP contribution is -2.14. The van der Waals surface area contributed by atoms with Crippen LogP contribution < -0.4 is 10.6 Å². The number of amides is 2. The van der Waals surface area contributed by atoms with Gasteiger partial charge in [-0.1, -0.05) is 18.2 Å². The average Bonchev–Trinajstić information content (AvgIpc) is 3.39. The minimum Gasteiger partial charge on any atom is -0.322 e. The van der Waals surface area contributed by atoms with E-state index in [1.54, 1.807) is 29.7 Å². The number of rotatable bonds is 4. The third kappa shape index (κ3) is 3.76. The van der Waals surface area contributed by atoms with Gasteiger partial charge in [0.1, 0.15) is 5.82 Å². The van der Waals surface area contributed by atoms with Crippen LogP contribution in [0.5, 0.6) is 0 Å². The summed E-state index contributed by atoms with van der Waals surface area (Å²) in [5.74, 6) is -0.209. The number of aromatic nitrogens is 3. The van der Waals surface area contributed by atoms with E-state index in [0.29, 0.717) is 17.1 Å². The Bertz CT molecular complexity index is 1420. The van der Waals surface area contributed by atoms with Crippen LogP contribution in [0.15, 0.2) is 67.0 Å². The van der Waals surface area contributed by atoms with Gasteiger partial charge in [-0.2, -0.15) is 5.10 Å². The zero-order chi connectivity index (χ0) is 21.4. The molecule has 0 spiro atoms. The van der Waals surface area contributed by atoms with E-state index in [0.717, 1.165) is 21.3 Å². The van der Waals surface area contributed by atoms with Crippen molar-refractivity contribution >= 4 is 55.6 Å². The van der Waals surface area contributed by atoms with Crippen molar-refractivity contribution in [2.75, 3.05) is 10.6 Å². The molecule has 3 N–H and O–H groups in total. The molecule has 5 aromatic rings. The number of carbonyl (C=O) groups is 2. The summed E-state index contributed by atoms with van der Waals surface area (Å²) >= 11 is 1.69. The molecule has 0 atom stereocenters. The summed E-state index contributed by atoms with van der Waals surface area (Å²) in [4.78, 5) is 29.2. The molecule has 0 aliphatic carbocycles. The van der Waals surface area contributed by atoms with Crippen LogP contribution in [0.1, 0.15) is 17.3 Å². The molecule has 3 heterocycles. The molecule has 0 bridgehead atoms. The molecule has 5 rings (SSSR count). The molecule has 0 aliphatic heterocycles. The Labute approximate surface area is 181 Å². The van der Waals surface area contributed by atoms with E-state index in [2.05, 4.69) is 44.0 Å². The Morgan fingerprint density at radius 3 is 2.71 bits per heavy atom. The first kappa shape index (κ1) is 19.0. The molecule has 7 nitrogen and oxygen atoms in total. The van der Waals surface area contributed by atoms with Crippen LogP contribution in [0.25, 0.3) is 31.4 Å². The molecular formula is C23H17N5O2S. The lowest BCUT2D eigenvalue weighted by molar-refractivity contribution is -0.114. The maximum atomic E-state index is 12.8. The number of nitrogens with one attached hydrogen (secondary N) is 3. The van der Waals surface area contributed by atoms with Gasteiger partial charge in [0, 0.05) is 44.9 Å². The maximum absolute atomic E-state index is 12.8. The number of thiophene rings is 1. The van der Waals surface area contributed by atoms with Crippen molar-refractivity contribution in [1.29, 1.82) is 0 Å². The standard InChI is InChI=1S/C23H17N5O2S/c1-13(29)26-21-10-15(6-7-24-21)23(30)27-17-8-16-12-25-28-22(16)18(11-17)20-9-14-4-2-3-5-19(14)31-20/h2-12H,1H3,(H,25,28)(H,27,30)(H,24,26,29). The van der Waals surface area contributed by atoms with Crippen molar-refractivity contribution in [3.8, 4) is 10.4 Å². The summed E-state index contributed by atoms with van der Waals surface area (Å²) in [5.41, 5.74) is 2.94. The smallest absolute Gasteiger partial charge is 0.255 e. The van der Waals surface area contributed by atoms with E-state index in [4.69, 9.17) is 0 Å². The van der Waals surface area contributed by atoms with E-state index < -0.39 is 0 Å². The van der Waals surface area contributed by atoms with Gasteiger partial charge in [-0.15, -0.1) is 11.3 Å². The van der Waals surface area contributed by atoms with Crippen LogP contribution in [-0.2, 0) is 4.79 Å². The van der Waals surface area contributed by atoms with Crippen LogP contribution in [0, 0.1) is 0 Å². The van der Waals surface area contributed by atoms with Gasteiger partial charge in [-0.3, -0.25) is 14.7 Å². The van der Waals surface area contributed by atoms with Crippen molar-refractivity contribution in [3.05, 3.63) is 72.6 Å². The van der Waals surface area contributed by atoms with Crippen molar-refractivity contribution in [2.24, 2.45) is 0 Å². The van der Waals surface area contributed by atoms with Gasteiger partial charge in [-0.05, 0) is 41.8 Å². The van der Waals surface area contributed by atoms with Crippen LogP contribution in [0.2, 0.25) is 0 Å². The second kappa shape index (κ2) is 7.66. The monoisotopic (exact) mass is 427 g/mol. The third-order valence-electron chi connectivity index (χ3n) is 4.82. The van der Waals surface area contributed by atoms with Gasteiger partial charge in [0.25, 0.3) is 5.91 Å². The lowest BCUT2D eigenvalue weighted by Gasteiger charge is -2.09. The van der Waals surface area contributed by atoms with E-state index in [1.165, 1.54) is 23.2 Å². The number of H-pyrrole nitrogens is 1. The van der Waals surface area contributed by atoms with Gasteiger partial charge in [0.05, 0.1) is 11.7 Å². The Hall–Kier alpha value is -4.04. The first-order valence-electron chi connectivity index (χ1n) is 9.58. The number of fused-ring (bicyclic) bond motifs is 2. The Kier molecular flexibility index (Phi) is 4.68. The van der Waals surface area contributed by atoms with Crippen LogP contribution in [0.4, 0.5) is 11.5 Å². The molecule has 2 aromatic carbocycles. The Balaban J connectivity index is 1.51. The van der Waals surface area contributed by atoms with Crippen LogP contribution >= 0.6 is 11.3 Å². The molecule has 0 radical (unpaired) electrons. The quantitative estimate of drug-likeness (QED) is 0.374. The van der Waals surface area contributed by atoms with Gasteiger partial charge in [0.2, 0.25) is 5.91 Å². The average molecular weight is 427 g/mol. The minimum absolute atomic E-state index is 0.247. The minimum atomic E-state index is -0.292. The zero-order valence-electron chi connectivity index (χ0n) is 16.5. The summed E-state index contributed by atoms with van der Waals surface area (Å²) in [5, 5.41) is 14.9. The summed E-state index contributed by atoms with van der Waals surface area (Å²) in [6.07, 6.45) is 3.23. The van der Waals surface area contributed by atoms with Gasteiger partial charge < -0.3 is 10.6 Å². The number of benzene rings is 2. The second-order valence-corrected chi connectivity index (χ2v) is 8.16. The number of carbonyl (C=O) groups excluding carboxylic acids is 2. The number of hydrogen-bond donors (Lipinski definition) is 3. The number of nitrogens with zero attached hydrogens (tertiary/aromatic N) is 2. The van der Waals surface area contributed by atoms with Crippen molar-refractivity contribution in [3.63, 3.8) is 0 Å². The van der Waals surface area contributed by atoms with Gasteiger partial charge >= 0.3 is 0 Å². The number of hydrogen-bond acceptors (Lipinski definition) is 5. The highest BCUT2D eigenvalue weighted by Gasteiger charge is 2.14. The van der Waals surface area contributed by atoms with E-state index >= 15 is 0 Å². The van der Waals surface area contributed by atoms with E-state index in [1.807, 2.05) is 24.3 Å². The number of aromatic amines is 1. The normalized spacial score (nSPS) is 11.0. The predicted octanol–water partition coefficient (Wildman–Crippen LogP) is 5.05. The summed E-state index contributed by atoms with van der Waals surface area (Å²) < 4.78 is 1.20. The van der Waals surface area contributed by atoms with Crippen LogP contribution in [-0.4, -0.2) is 27.0 Å². The molecule has 0 aliphatic rings. The van der Waals surface area contributed by atoms with E-state index in [-0.39, 0.29) is 11.8 Å². The van der Waals surface area contributed by atoms with Crippen LogP contribution in [0.3, 0.4) is 0 Å². The molecular weight excluding hydrogens is 410 g/mol. The lowest BCUT2D eigenvalue weighted by atomic mass is 10.1. The molecule has 0 fully saturated rings. The number of pyridine rings is 1.